The molecule has 2 unspecified atom stereocenters. The third kappa shape index (κ3) is 3.18. The summed E-state index contributed by atoms with van der Waals surface area (Å²) in [5.74, 6) is 0.945. The van der Waals surface area contributed by atoms with Crippen LogP contribution >= 0.6 is 0 Å². The summed E-state index contributed by atoms with van der Waals surface area (Å²) in [5.41, 5.74) is 1.63. The normalized spacial score (nSPS) is 19.9. The molecule has 5 heteroatoms. The van der Waals surface area contributed by atoms with Crippen molar-refractivity contribution in [2.75, 3.05) is 11.9 Å². The molecule has 0 saturated heterocycles. The van der Waals surface area contributed by atoms with E-state index in [4.69, 9.17) is 0 Å². The van der Waals surface area contributed by atoms with Gasteiger partial charge in [0.15, 0.2) is 5.69 Å². The van der Waals surface area contributed by atoms with E-state index < -0.39 is 0 Å². The van der Waals surface area contributed by atoms with Crippen molar-refractivity contribution in [3.8, 4) is 0 Å². The number of rotatable bonds is 5. The van der Waals surface area contributed by atoms with Gasteiger partial charge in [-0.2, -0.15) is 0 Å². The van der Waals surface area contributed by atoms with E-state index in [9.17, 15) is 4.79 Å². The van der Waals surface area contributed by atoms with Crippen molar-refractivity contribution in [3.63, 3.8) is 0 Å². The van der Waals surface area contributed by atoms with E-state index in [2.05, 4.69) is 33.0 Å². The van der Waals surface area contributed by atoms with Gasteiger partial charge in [0.25, 0.3) is 5.91 Å². The molecule has 108 valence electrons. The Morgan fingerprint density at radius 1 is 1.19 bits per heavy atom. The van der Waals surface area contributed by atoms with Gasteiger partial charge in [0.2, 0.25) is 0 Å². The third-order valence-corrected chi connectivity index (χ3v) is 3.59. The quantitative estimate of drug-likeness (QED) is 0.882. The zero-order chi connectivity index (χ0) is 14.7. The summed E-state index contributed by atoms with van der Waals surface area (Å²) in [5, 5.41) is 14.0. The van der Waals surface area contributed by atoms with Gasteiger partial charge in [-0.15, -0.1) is 10.2 Å². The van der Waals surface area contributed by atoms with Crippen LogP contribution in [-0.2, 0) is 0 Å². The maximum Gasteiger partial charge on any atom is 0.272 e. The molecule has 3 rings (SSSR count). The lowest BCUT2D eigenvalue weighted by Crippen LogP contribution is -2.27. The number of carbonyl (C=O) groups is 1. The highest BCUT2D eigenvalue weighted by molar-refractivity contribution is 5.92. The molecular formula is C16H18N4O. The molecule has 1 amide bonds. The molecule has 0 radical (unpaired) electrons. The lowest BCUT2D eigenvalue weighted by molar-refractivity contribution is 0.0944. The van der Waals surface area contributed by atoms with Gasteiger partial charge in [0.05, 0.1) is 0 Å². The molecule has 21 heavy (non-hydrogen) atoms. The Morgan fingerprint density at radius 3 is 2.67 bits per heavy atom. The standard InChI is InChI=1S/C16H18N4O/c1-2-17-15-9-8-13(19-20-15)16(21)18-14-10-12(14)11-6-4-3-5-7-11/h3-9,12,14H,2,10H2,1H3,(H,17,20)(H,18,21). The lowest BCUT2D eigenvalue weighted by Gasteiger charge is -2.05. The maximum absolute atomic E-state index is 12.1. The van der Waals surface area contributed by atoms with Crippen molar-refractivity contribution in [3.05, 3.63) is 53.7 Å². The van der Waals surface area contributed by atoms with Gasteiger partial charge < -0.3 is 10.6 Å². The van der Waals surface area contributed by atoms with E-state index >= 15 is 0 Å². The van der Waals surface area contributed by atoms with Crippen LogP contribution < -0.4 is 10.6 Å². The summed E-state index contributed by atoms with van der Waals surface area (Å²) in [6.45, 7) is 2.76. The molecule has 1 aromatic carbocycles. The Balaban J connectivity index is 1.58. The number of amides is 1. The van der Waals surface area contributed by atoms with Gasteiger partial charge >= 0.3 is 0 Å². The molecule has 1 fully saturated rings. The molecule has 0 bridgehead atoms. The van der Waals surface area contributed by atoms with Crippen LogP contribution in [0, 0.1) is 0 Å². The van der Waals surface area contributed by atoms with Crippen LogP contribution in [0.4, 0.5) is 5.82 Å². The summed E-state index contributed by atoms with van der Waals surface area (Å²) < 4.78 is 0. The minimum absolute atomic E-state index is 0.158. The highest BCUT2D eigenvalue weighted by Gasteiger charge is 2.39. The Bertz CT molecular complexity index is 612. The second-order valence-electron chi connectivity index (χ2n) is 5.17. The van der Waals surface area contributed by atoms with E-state index in [1.54, 1.807) is 12.1 Å². The van der Waals surface area contributed by atoms with Crippen LogP contribution in [0.15, 0.2) is 42.5 Å². The molecule has 1 aliphatic carbocycles. The van der Waals surface area contributed by atoms with Crippen LogP contribution in [0.25, 0.3) is 0 Å². The van der Waals surface area contributed by atoms with Crippen LogP contribution in [0.1, 0.15) is 35.3 Å². The van der Waals surface area contributed by atoms with E-state index in [1.807, 2.05) is 25.1 Å². The highest BCUT2D eigenvalue weighted by atomic mass is 16.2. The summed E-state index contributed by atoms with van der Waals surface area (Å²) in [7, 11) is 0. The minimum Gasteiger partial charge on any atom is -0.369 e. The van der Waals surface area contributed by atoms with Crippen molar-refractivity contribution in [2.45, 2.75) is 25.3 Å². The summed E-state index contributed by atoms with van der Waals surface area (Å²) in [4.78, 5) is 12.1. The van der Waals surface area contributed by atoms with E-state index in [1.165, 1.54) is 5.56 Å². The van der Waals surface area contributed by atoms with Crippen molar-refractivity contribution < 1.29 is 4.79 Å². The average Bonchev–Trinajstić information content (AvgIpc) is 3.28. The number of anilines is 1. The lowest BCUT2D eigenvalue weighted by atomic mass is 10.1. The second-order valence-corrected chi connectivity index (χ2v) is 5.17. The van der Waals surface area contributed by atoms with Gasteiger partial charge in [-0.05, 0) is 31.0 Å². The third-order valence-electron chi connectivity index (χ3n) is 3.59. The fourth-order valence-corrected chi connectivity index (χ4v) is 2.39. The van der Waals surface area contributed by atoms with Gasteiger partial charge in [-0.1, -0.05) is 30.3 Å². The summed E-state index contributed by atoms with van der Waals surface area (Å²) in [6.07, 6.45) is 0.985. The first-order valence-electron chi connectivity index (χ1n) is 7.21. The number of hydrogen-bond acceptors (Lipinski definition) is 4. The number of nitrogens with one attached hydrogen (secondary N) is 2. The first-order chi connectivity index (χ1) is 10.3. The van der Waals surface area contributed by atoms with Crippen LogP contribution in [0.5, 0.6) is 0 Å². The molecule has 1 saturated carbocycles. The SMILES string of the molecule is CCNc1ccc(C(=O)NC2CC2c2ccccc2)nn1. The predicted molar refractivity (Wildman–Crippen MR) is 81.2 cm³/mol. The molecule has 0 aliphatic heterocycles. The summed E-state index contributed by atoms with van der Waals surface area (Å²) in [6, 6.07) is 13.9. The van der Waals surface area contributed by atoms with Gasteiger partial charge in [-0.3, -0.25) is 4.79 Å². The molecule has 2 atom stereocenters. The largest absolute Gasteiger partial charge is 0.369 e. The van der Waals surface area contributed by atoms with Crippen molar-refractivity contribution in [1.29, 1.82) is 0 Å². The first-order valence-corrected chi connectivity index (χ1v) is 7.21. The Kier molecular flexibility index (Phi) is 3.81. The van der Waals surface area contributed by atoms with E-state index in [-0.39, 0.29) is 11.9 Å². The second kappa shape index (κ2) is 5.91. The summed E-state index contributed by atoms with van der Waals surface area (Å²) >= 11 is 0. The van der Waals surface area contributed by atoms with Crippen molar-refractivity contribution in [2.24, 2.45) is 0 Å². The van der Waals surface area contributed by atoms with Crippen molar-refractivity contribution in [1.82, 2.24) is 15.5 Å². The number of carbonyl (C=O) groups excluding carboxylic acids is 1. The van der Waals surface area contributed by atoms with Crippen LogP contribution in [0.3, 0.4) is 0 Å². The molecule has 2 aromatic rings. The first kappa shape index (κ1) is 13.5. The molecule has 1 heterocycles. The predicted octanol–water partition coefficient (Wildman–Crippen LogP) is 2.19. The molecule has 1 aromatic heterocycles. The molecular weight excluding hydrogens is 264 g/mol. The zero-order valence-electron chi connectivity index (χ0n) is 11.9. The number of hydrogen-bond donors (Lipinski definition) is 2. The Hall–Kier alpha value is -2.43. The van der Waals surface area contributed by atoms with Gasteiger partial charge in [0, 0.05) is 18.5 Å². The van der Waals surface area contributed by atoms with Gasteiger partial charge in [-0.25, -0.2) is 0 Å². The molecule has 1 aliphatic rings. The monoisotopic (exact) mass is 282 g/mol. The average molecular weight is 282 g/mol. The number of nitrogens with zero attached hydrogens (tertiary/aromatic N) is 2. The van der Waals surface area contributed by atoms with Crippen molar-refractivity contribution >= 4 is 11.7 Å². The van der Waals surface area contributed by atoms with E-state index in [0.29, 0.717) is 17.4 Å². The number of aromatic nitrogens is 2. The minimum atomic E-state index is -0.158. The zero-order valence-corrected chi connectivity index (χ0v) is 11.9. The molecule has 2 N–H and O–H groups in total. The Morgan fingerprint density at radius 2 is 2.00 bits per heavy atom. The molecule has 0 spiro atoms. The fourth-order valence-electron chi connectivity index (χ4n) is 2.39. The smallest absolute Gasteiger partial charge is 0.272 e. The highest BCUT2D eigenvalue weighted by Crippen LogP contribution is 2.40. The fraction of sp³-hybridized carbons (Fsp3) is 0.312. The van der Waals surface area contributed by atoms with Gasteiger partial charge in [0.1, 0.15) is 5.82 Å². The van der Waals surface area contributed by atoms with Crippen LogP contribution in [0.2, 0.25) is 0 Å². The Labute approximate surface area is 123 Å². The molecule has 5 nitrogen and oxygen atoms in total. The van der Waals surface area contributed by atoms with E-state index in [0.717, 1.165) is 13.0 Å². The number of benzene rings is 1. The van der Waals surface area contributed by atoms with Crippen LogP contribution in [-0.4, -0.2) is 28.7 Å². The maximum atomic E-state index is 12.1. The topological polar surface area (TPSA) is 66.9 Å².